The fourth-order valence-electron chi connectivity index (χ4n) is 1.76. The molecular weight excluding hydrogens is 250 g/mol. The molecule has 0 spiro atoms. The van der Waals surface area contributed by atoms with E-state index in [0.717, 1.165) is 6.42 Å². The lowest BCUT2D eigenvalue weighted by Gasteiger charge is -2.18. The van der Waals surface area contributed by atoms with Crippen LogP contribution in [-0.2, 0) is 0 Å². The van der Waals surface area contributed by atoms with Gasteiger partial charge < -0.3 is 10.2 Å². The quantitative estimate of drug-likeness (QED) is 0.801. The van der Waals surface area contributed by atoms with Crippen molar-refractivity contribution < 1.29 is 10.2 Å². The number of rotatable bonds is 5. The first-order chi connectivity index (χ1) is 9.34. The van der Waals surface area contributed by atoms with Crippen LogP contribution in [0.5, 0.6) is 5.75 Å². The van der Waals surface area contributed by atoms with Crippen molar-refractivity contribution in [1.29, 1.82) is 5.26 Å². The Balaban J connectivity index is 2.80. The minimum absolute atomic E-state index is 0.0975. The molecule has 3 nitrogen and oxygen atoms in total. The first-order valence-electron chi connectivity index (χ1n) is 6.62. The zero-order valence-corrected chi connectivity index (χ0v) is 12.2. The second kappa shape index (κ2) is 6.93. The molecule has 1 rings (SSSR count). The molecule has 1 atom stereocenters. The molecule has 0 radical (unpaired) electrons. The molecule has 0 aliphatic heterocycles. The Kier molecular flexibility index (Phi) is 5.54. The van der Waals surface area contributed by atoms with Crippen molar-refractivity contribution in [2.75, 3.05) is 0 Å². The van der Waals surface area contributed by atoms with Crippen molar-refractivity contribution in [1.82, 2.24) is 0 Å². The van der Waals surface area contributed by atoms with Crippen molar-refractivity contribution in [2.24, 2.45) is 0 Å². The van der Waals surface area contributed by atoms with Crippen LogP contribution in [0.25, 0.3) is 6.08 Å². The largest absolute Gasteiger partial charge is 0.507 e. The van der Waals surface area contributed by atoms with Crippen LogP contribution in [0.4, 0.5) is 0 Å². The van der Waals surface area contributed by atoms with Gasteiger partial charge in [-0.3, -0.25) is 0 Å². The van der Waals surface area contributed by atoms with E-state index < -0.39 is 5.60 Å². The Morgan fingerprint density at radius 1 is 1.40 bits per heavy atom. The average Bonchev–Trinajstić information content (AvgIpc) is 2.37. The number of allylic oxidation sites excluding steroid dienone is 2. The molecule has 106 valence electrons. The summed E-state index contributed by atoms with van der Waals surface area (Å²) < 4.78 is 0. The van der Waals surface area contributed by atoms with E-state index in [1.54, 1.807) is 31.2 Å². The number of nitrogens with zero attached hydrogens (tertiary/aromatic N) is 1. The maximum absolute atomic E-state index is 10.2. The van der Waals surface area contributed by atoms with Crippen molar-refractivity contribution in [2.45, 2.75) is 39.2 Å². The molecule has 0 heterocycles. The Hall–Kier alpha value is -2.05. The number of phenolic OH excluding ortho intramolecular Hbond substituents is 1. The van der Waals surface area contributed by atoms with E-state index >= 15 is 0 Å². The SMILES string of the molecule is CC(C)=CCC[C@@](C)(O)/C=C/c1cc(C#N)ccc1O. The van der Waals surface area contributed by atoms with Crippen molar-refractivity contribution in [3.8, 4) is 11.8 Å². The van der Waals surface area contributed by atoms with Gasteiger partial charge in [-0.05, 0) is 51.8 Å². The minimum Gasteiger partial charge on any atom is -0.507 e. The molecule has 0 saturated carbocycles. The van der Waals surface area contributed by atoms with E-state index in [4.69, 9.17) is 5.26 Å². The van der Waals surface area contributed by atoms with E-state index in [0.29, 0.717) is 17.5 Å². The highest BCUT2D eigenvalue weighted by atomic mass is 16.3. The van der Waals surface area contributed by atoms with E-state index in [2.05, 4.69) is 6.08 Å². The summed E-state index contributed by atoms with van der Waals surface area (Å²) in [4.78, 5) is 0. The van der Waals surface area contributed by atoms with Gasteiger partial charge in [-0.15, -0.1) is 0 Å². The summed E-state index contributed by atoms with van der Waals surface area (Å²) in [6, 6.07) is 6.66. The minimum atomic E-state index is -0.943. The fraction of sp³-hybridized carbons (Fsp3) is 0.353. The van der Waals surface area contributed by atoms with Gasteiger partial charge in [-0.2, -0.15) is 5.26 Å². The topological polar surface area (TPSA) is 64.2 Å². The molecule has 2 N–H and O–H groups in total. The predicted molar refractivity (Wildman–Crippen MR) is 81.1 cm³/mol. The molecule has 0 unspecified atom stereocenters. The molecule has 0 bridgehead atoms. The van der Waals surface area contributed by atoms with Crippen molar-refractivity contribution in [3.05, 3.63) is 47.1 Å². The summed E-state index contributed by atoms with van der Waals surface area (Å²) in [5, 5.41) is 28.8. The van der Waals surface area contributed by atoms with Gasteiger partial charge in [-0.1, -0.05) is 23.8 Å². The Morgan fingerprint density at radius 3 is 2.70 bits per heavy atom. The lowest BCUT2D eigenvalue weighted by atomic mass is 9.97. The van der Waals surface area contributed by atoms with E-state index in [-0.39, 0.29) is 5.75 Å². The van der Waals surface area contributed by atoms with Crippen LogP contribution in [0.15, 0.2) is 35.9 Å². The summed E-state index contributed by atoms with van der Waals surface area (Å²) in [6.07, 6.45) is 6.79. The monoisotopic (exact) mass is 271 g/mol. The third-order valence-corrected chi connectivity index (χ3v) is 2.98. The zero-order valence-electron chi connectivity index (χ0n) is 12.2. The van der Waals surface area contributed by atoms with Crippen molar-refractivity contribution in [3.63, 3.8) is 0 Å². The van der Waals surface area contributed by atoms with Crippen LogP contribution in [0.2, 0.25) is 0 Å². The standard InChI is InChI=1S/C17H21NO2/c1-13(2)5-4-9-17(3,20)10-8-15-11-14(12-18)6-7-16(15)19/h5-8,10-11,19-20H,4,9H2,1-3H3/b10-8+/t17-/m1/s1. The Bertz CT molecular complexity index is 559. The summed E-state index contributed by atoms with van der Waals surface area (Å²) in [6.45, 7) is 5.78. The molecular formula is C17H21NO2. The second-order valence-corrected chi connectivity index (χ2v) is 5.40. The van der Waals surface area contributed by atoms with E-state index in [9.17, 15) is 10.2 Å². The third-order valence-electron chi connectivity index (χ3n) is 2.98. The number of aromatic hydroxyl groups is 1. The first-order valence-corrected chi connectivity index (χ1v) is 6.62. The van der Waals surface area contributed by atoms with Gasteiger partial charge in [-0.25, -0.2) is 0 Å². The molecule has 1 aromatic rings. The normalized spacial score (nSPS) is 13.8. The van der Waals surface area contributed by atoms with Crippen molar-refractivity contribution >= 4 is 6.08 Å². The number of hydrogen-bond acceptors (Lipinski definition) is 3. The van der Waals surface area contributed by atoms with Gasteiger partial charge in [0, 0.05) is 5.56 Å². The summed E-state index contributed by atoms with van der Waals surface area (Å²) in [5.41, 5.74) is 1.29. The predicted octanol–water partition coefficient (Wildman–Crippen LogP) is 3.77. The molecule has 0 fully saturated rings. The fourth-order valence-corrected chi connectivity index (χ4v) is 1.76. The highest BCUT2D eigenvalue weighted by molar-refractivity contribution is 5.60. The maximum atomic E-state index is 10.2. The molecule has 3 heteroatoms. The van der Waals surface area contributed by atoms with Gasteiger partial charge in [0.05, 0.1) is 17.2 Å². The number of aliphatic hydroxyl groups is 1. The van der Waals surface area contributed by atoms with Gasteiger partial charge in [0.15, 0.2) is 0 Å². The molecule has 1 aromatic carbocycles. The number of phenols is 1. The van der Waals surface area contributed by atoms with E-state index in [1.807, 2.05) is 19.9 Å². The highest BCUT2D eigenvalue weighted by Crippen LogP contribution is 2.22. The molecule has 0 aromatic heterocycles. The van der Waals surface area contributed by atoms with Gasteiger partial charge in [0.25, 0.3) is 0 Å². The summed E-state index contributed by atoms with van der Waals surface area (Å²) in [7, 11) is 0. The number of benzene rings is 1. The van der Waals surface area contributed by atoms with E-state index in [1.165, 1.54) is 11.6 Å². The van der Waals surface area contributed by atoms with Gasteiger partial charge in [0.1, 0.15) is 5.75 Å². The number of hydrogen-bond donors (Lipinski definition) is 2. The van der Waals surface area contributed by atoms with Crippen LogP contribution in [0.1, 0.15) is 44.7 Å². The van der Waals surface area contributed by atoms with Crippen LogP contribution in [0, 0.1) is 11.3 Å². The Morgan fingerprint density at radius 2 is 2.10 bits per heavy atom. The maximum Gasteiger partial charge on any atom is 0.122 e. The van der Waals surface area contributed by atoms with Crippen LogP contribution in [0.3, 0.4) is 0 Å². The first kappa shape index (κ1) is 16.0. The van der Waals surface area contributed by atoms with Gasteiger partial charge >= 0.3 is 0 Å². The zero-order chi connectivity index (χ0) is 15.2. The lowest BCUT2D eigenvalue weighted by Crippen LogP contribution is -2.19. The molecule has 0 saturated heterocycles. The smallest absolute Gasteiger partial charge is 0.122 e. The van der Waals surface area contributed by atoms with Gasteiger partial charge in [0.2, 0.25) is 0 Å². The average molecular weight is 271 g/mol. The highest BCUT2D eigenvalue weighted by Gasteiger charge is 2.15. The number of nitriles is 1. The molecule has 0 aliphatic carbocycles. The van der Waals surface area contributed by atoms with Crippen LogP contribution in [-0.4, -0.2) is 15.8 Å². The molecule has 20 heavy (non-hydrogen) atoms. The van der Waals surface area contributed by atoms with Crippen LogP contribution < -0.4 is 0 Å². The lowest BCUT2D eigenvalue weighted by molar-refractivity contribution is 0.104. The summed E-state index contributed by atoms with van der Waals surface area (Å²) in [5.74, 6) is 0.0975. The molecule has 0 amide bonds. The third kappa shape index (κ3) is 5.29. The Labute approximate surface area is 120 Å². The van der Waals surface area contributed by atoms with Crippen LogP contribution >= 0.6 is 0 Å². The second-order valence-electron chi connectivity index (χ2n) is 5.40. The molecule has 0 aliphatic rings. The summed E-state index contributed by atoms with van der Waals surface area (Å²) >= 11 is 0.